The molecule has 0 bridgehead atoms. The van der Waals surface area contributed by atoms with Gasteiger partial charge in [-0.15, -0.1) is 0 Å². The van der Waals surface area contributed by atoms with Gasteiger partial charge < -0.3 is 18.3 Å². The number of hydrogen-bond donors (Lipinski definition) is 0. The molecule has 290 valence electrons. The summed E-state index contributed by atoms with van der Waals surface area (Å²) in [5.74, 6) is 0. The molecule has 3 aromatic heterocycles. The Bertz CT molecular complexity index is 3830. The van der Waals surface area contributed by atoms with E-state index in [1.165, 1.54) is 21.8 Å². The molecule has 13 rings (SSSR count). The summed E-state index contributed by atoms with van der Waals surface area (Å²) >= 11 is 0. The topological polar surface area (TPSA) is 34.5 Å². The molecule has 0 aliphatic rings. The lowest BCUT2D eigenvalue weighted by atomic mass is 9.96. The minimum absolute atomic E-state index is 0.871. The number of benzene rings is 10. The highest BCUT2D eigenvalue weighted by Crippen LogP contribution is 2.46. The second-order valence-electron chi connectivity index (χ2n) is 16.0. The number of para-hydroxylation sites is 4. The number of anilines is 3. The molecular formula is C58H36N2O2. The number of furan rings is 2. The van der Waals surface area contributed by atoms with Gasteiger partial charge in [0.05, 0.1) is 16.7 Å². The van der Waals surface area contributed by atoms with Crippen molar-refractivity contribution in [3.8, 4) is 27.9 Å². The molecule has 0 aliphatic heterocycles. The van der Waals surface area contributed by atoms with Crippen LogP contribution < -0.4 is 4.90 Å². The van der Waals surface area contributed by atoms with E-state index in [0.717, 1.165) is 99.7 Å². The van der Waals surface area contributed by atoms with Crippen LogP contribution in [0.5, 0.6) is 0 Å². The summed E-state index contributed by atoms with van der Waals surface area (Å²) in [7, 11) is 0. The molecule has 0 fully saturated rings. The second-order valence-corrected chi connectivity index (χ2v) is 16.0. The van der Waals surface area contributed by atoms with E-state index in [4.69, 9.17) is 8.83 Å². The van der Waals surface area contributed by atoms with Crippen LogP contribution in [-0.4, -0.2) is 4.57 Å². The van der Waals surface area contributed by atoms with Crippen molar-refractivity contribution >= 4 is 93.5 Å². The Balaban J connectivity index is 1.02. The summed E-state index contributed by atoms with van der Waals surface area (Å²) in [4.78, 5) is 2.40. The highest BCUT2D eigenvalue weighted by molar-refractivity contribution is 6.20. The quantitative estimate of drug-likeness (QED) is 0.168. The van der Waals surface area contributed by atoms with Crippen LogP contribution in [0.25, 0.3) is 104 Å². The number of aromatic nitrogens is 1. The van der Waals surface area contributed by atoms with Crippen LogP contribution in [0.4, 0.5) is 17.1 Å². The van der Waals surface area contributed by atoms with Gasteiger partial charge in [-0.1, -0.05) is 140 Å². The molecule has 0 amide bonds. The zero-order chi connectivity index (χ0) is 40.7. The second kappa shape index (κ2) is 13.6. The van der Waals surface area contributed by atoms with Crippen LogP contribution in [0, 0.1) is 0 Å². The van der Waals surface area contributed by atoms with E-state index in [-0.39, 0.29) is 0 Å². The standard InChI is InChI=1S/C58H36N2O2/c1-2-16-43-38(13-1)29-33-49-57-48(21-12-26-56(57)62-58(43)49)46-19-5-7-22-51(46)59(40-31-27-37(28-32-40)39-30-34-55-50(35-39)47-20-6-10-25-54(47)61-55)41-14-11-15-42(36-41)60-52-23-8-3-17-44(52)45-18-4-9-24-53(45)60/h1-36H. The summed E-state index contributed by atoms with van der Waals surface area (Å²) in [6.07, 6.45) is 0. The number of fused-ring (bicyclic) bond motifs is 11. The molecule has 0 atom stereocenters. The average Bonchev–Trinajstić information content (AvgIpc) is 4.02. The fourth-order valence-electron chi connectivity index (χ4n) is 9.78. The van der Waals surface area contributed by atoms with Crippen LogP contribution in [-0.2, 0) is 0 Å². The van der Waals surface area contributed by atoms with E-state index in [0.29, 0.717) is 0 Å². The summed E-state index contributed by atoms with van der Waals surface area (Å²) in [6, 6.07) is 78.1. The Morgan fingerprint density at radius 2 is 1.00 bits per heavy atom. The van der Waals surface area contributed by atoms with Gasteiger partial charge in [0.15, 0.2) is 0 Å². The lowest BCUT2D eigenvalue weighted by Gasteiger charge is -2.29. The zero-order valence-corrected chi connectivity index (χ0v) is 33.5. The fraction of sp³-hybridized carbons (Fsp3) is 0. The molecule has 4 nitrogen and oxygen atoms in total. The van der Waals surface area contributed by atoms with Gasteiger partial charge >= 0.3 is 0 Å². The molecule has 0 unspecified atom stereocenters. The van der Waals surface area contributed by atoms with Crippen molar-refractivity contribution in [2.24, 2.45) is 0 Å². The van der Waals surface area contributed by atoms with Gasteiger partial charge in [-0.2, -0.15) is 0 Å². The van der Waals surface area contributed by atoms with Crippen LogP contribution >= 0.6 is 0 Å². The molecule has 0 aliphatic carbocycles. The summed E-state index contributed by atoms with van der Waals surface area (Å²) in [5, 5.41) is 9.21. The SMILES string of the molecule is c1cc(N(c2ccc(-c3ccc4oc5ccccc5c4c3)cc2)c2ccccc2-c2cccc3oc4c5ccccc5ccc4c23)cc(-n2c3ccccc3c3ccccc32)c1. The van der Waals surface area contributed by atoms with E-state index < -0.39 is 0 Å². The van der Waals surface area contributed by atoms with Gasteiger partial charge in [0.1, 0.15) is 22.3 Å². The Kier molecular flexibility index (Phi) is 7.57. The minimum atomic E-state index is 0.871. The Morgan fingerprint density at radius 3 is 1.84 bits per heavy atom. The van der Waals surface area contributed by atoms with Gasteiger partial charge in [0, 0.05) is 60.3 Å². The molecule has 10 aromatic carbocycles. The molecule has 0 saturated heterocycles. The Hall–Kier alpha value is -8.34. The first-order valence-electron chi connectivity index (χ1n) is 21.1. The molecule has 0 radical (unpaired) electrons. The van der Waals surface area contributed by atoms with Crippen molar-refractivity contribution in [2.75, 3.05) is 4.90 Å². The highest BCUT2D eigenvalue weighted by Gasteiger charge is 2.22. The largest absolute Gasteiger partial charge is 0.456 e. The van der Waals surface area contributed by atoms with Gasteiger partial charge in [-0.05, 0) is 101 Å². The molecule has 4 heteroatoms. The fourth-order valence-corrected chi connectivity index (χ4v) is 9.78. The van der Waals surface area contributed by atoms with Crippen LogP contribution in [0.3, 0.4) is 0 Å². The predicted octanol–water partition coefficient (Wildman–Crippen LogP) is 16.5. The summed E-state index contributed by atoms with van der Waals surface area (Å²) in [5.41, 5.74) is 14.7. The van der Waals surface area contributed by atoms with E-state index in [1.54, 1.807) is 0 Å². The van der Waals surface area contributed by atoms with Crippen molar-refractivity contribution in [2.45, 2.75) is 0 Å². The average molecular weight is 793 g/mol. The minimum Gasteiger partial charge on any atom is -0.456 e. The van der Waals surface area contributed by atoms with E-state index in [9.17, 15) is 0 Å². The van der Waals surface area contributed by atoms with E-state index in [1.807, 2.05) is 12.1 Å². The zero-order valence-electron chi connectivity index (χ0n) is 33.5. The third-order valence-corrected chi connectivity index (χ3v) is 12.6. The monoisotopic (exact) mass is 792 g/mol. The van der Waals surface area contributed by atoms with Crippen molar-refractivity contribution in [1.29, 1.82) is 0 Å². The van der Waals surface area contributed by atoms with Crippen molar-refractivity contribution in [1.82, 2.24) is 4.57 Å². The maximum atomic E-state index is 6.70. The van der Waals surface area contributed by atoms with Gasteiger partial charge in [0.25, 0.3) is 0 Å². The smallest absolute Gasteiger partial charge is 0.143 e. The number of hydrogen-bond acceptors (Lipinski definition) is 3. The van der Waals surface area contributed by atoms with Crippen LogP contribution in [0.2, 0.25) is 0 Å². The van der Waals surface area contributed by atoms with E-state index >= 15 is 0 Å². The third-order valence-electron chi connectivity index (χ3n) is 12.6. The molecule has 0 spiro atoms. The van der Waals surface area contributed by atoms with Crippen LogP contribution in [0.15, 0.2) is 227 Å². The van der Waals surface area contributed by atoms with Crippen molar-refractivity contribution in [3.05, 3.63) is 218 Å². The maximum absolute atomic E-state index is 6.70. The molecule has 62 heavy (non-hydrogen) atoms. The van der Waals surface area contributed by atoms with Gasteiger partial charge in [-0.25, -0.2) is 0 Å². The number of nitrogens with zero attached hydrogens (tertiary/aromatic N) is 2. The molecule has 0 N–H and O–H groups in total. The van der Waals surface area contributed by atoms with Gasteiger partial charge in [-0.3, -0.25) is 0 Å². The predicted molar refractivity (Wildman–Crippen MR) is 258 cm³/mol. The summed E-state index contributed by atoms with van der Waals surface area (Å²) in [6.45, 7) is 0. The summed E-state index contributed by atoms with van der Waals surface area (Å²) < 4.78 is 15.3. The number of rotatable bonds is 6. The van der Waals surface area contributed by atoms with Crippen molar-refractivity contribution < 1.29 is 8.83 Å². The highest BCUT2D eigenvalue weighted by atomic mass is 16.3. The molecular weight excluding hydrogens is 757 g/mol. The first-order chi connectivity index (χ1) is 30.7. The van der Waals surface area contributed by atoms with E-state index in [2.05, 4.69) is 216 Å². The lowest BCUT2D eigenvalue weighted by Crippen LogP contribution is -2.12. The normalized spacial score (nSPS) is 11.9. The first kappa shape index (κ1) is 34.5. The first-order valence-corrected chi connectivity index (χ1v) is 21.1. The molecule has 13 aromatic rings. The third kappa shape index (κ3) is 5.27. The lowest BCUT2D eigenvalue weighted by molar-refractivity contribution is 0.669. The van der Waals surface area contributed by atoms with Crippen LogP contribution in [0.1, 0.15) is 0 Å². The Morgan fingerprint density at radius 1 is 0.355 bits per heavy atom. The maximum Gasteiger partial charge on any atom is 0.143 e. The molecule has 0 saturated carbocycles. The Labute approximate surface area is 356 Å². The molecule has 3 heterocycles. The van der Waals surface area contributed by atoms with Crippen molar-refractivity contribution in [3.63, 3.8) is 0 Å². The van der Waals surface area contributed by atoms with Gasteiger partial charge in [0.2, 0.25) is 0 Å².